The summed E-state index contributed by atoms with van der Waals surface area (Å²) in [7, 11) is 2.96. The van der Waals surface area contributed by atoms with Gasteiger partial charge in [0.15, 0.2) is 5.11 Å². The van der Waals surface area contributed by atoms with Crippen LogP contribution in [0.15, 0.2) is 0 Å². The zero-order valence-corrected chi connectivity index (χ0v) is 6.53. The van der Waals surface area contributed by atoms with Crippen LogP contribution in [0.25, 0.3) is 0 Å². The minimum Gasteiger partial charge on any atom is -0.464 e. The SMILES string of the molecule is CNC(=S)NN(C)C(=O)O. The third-order valence-corrected chi connectivity index (χ3v) is 1.08. The lowest BCUT2D eigenvalue weighted by atomic mass is 11.0. The van der Waals surface area contributed by atoms with Crippen molar-refractivity contribution in [2.75, 3.05) is 14.1 Å². The van der Waals surface area contributed by atoms with E-state index >= 15 is 0 Å². The summed E-state index contributed by atoms with van der Waals surface area (Å²) < 4.78 is 0. The highest BCUT2D eigenvalue weighted by atomic mass is 32.1. The fraction of sp³-hybridized carbons (Fsp3) is 0.500. The fourth-order valence-corrected chi connectivity index (χ4v) is 0.393. The normalized spacial score (nSPS) is 8.20. The zero-order valence-electron chi connectivity index (χ0n) is 5.71. The Bertz CT molecular complexity index is 149. The van der Waals surface area contributed by atoms with E-state index in [1.165, 1.54) is 7.05 Å². The van der Waals surface area contributed by atoms with Crippen LogP contribution in [0.4, 0.5) is 4.79 Å². The highest BCUT2D eigenvalue weighted by molar-refractivity contribution is 7.80. The third kappa shape index (κ3) is 3.08. The second-order valence-electron chi connectivity index (χ2n) is 1.53. The first-order valence-corrected chi connectivity index (χ1v) is 2.93. The lowest BCUT2D eigenvalue weighted by Crippen LogP contribution is -2.46. The van der Waals surface area contributed by atoms with Crippen LogP contribution >= 0.6 is 12.2 Å². The number of nitrogens with zero attached hydrogens (tertiary/aromatic N) is 1. The average molecular weight is 163 g/mol. The molecule has 0 heterocycles. The molecule has 0 aliphatic carbocycles. The van der Waals surface area contributed by atoms with Gasteiger partial charge in [0.05, 0.1) is 0 Å². The highest BCUT2D eigenvalue weighted by Crippen LogP contribution is 1.75. The van der Waals surface area contributed by atoms with Gasteiger partial charge in [-0.25, -0.2) is 9.80 Å². The van der Waals surface area contributed by atoms with Crippen molar-refractivity contribution >= 4 is 23.4 Å². The highest BCUT2D eigenvalue weighted by Gasteiger charge is 2.03. The van der Waals surface area contributed by atoms with Crippen LogP contribution in [-0.4, -0.2) is 35.4 Å². The van der Waals surface area contributed by atoms with Crippen molar-refractivity contribution in [2.24, 2.45) is 0 Å². The predicted octanol–water partition coefficient (Wildman–Crippen LogP) is -0.395. The summed E-state index contributed by atoms with van der Waals surface area (Å²) >= 11 is 4.62. The van der Waals surface area contributed by atoms with Gasteiger partial charge in [-0.1, -0.05) is 0 Å². The van der Waals surface area contributed by atoms with E-state index in [4.69, 9.17) is 5.11 Å². The lowest BCUT2D eigenvalue weighted by Gasteiger charge is -2.15. The Morgan fingerprint density at radius 2 is 2.20 bits per heavy atom. The van der Waals surface area contributed by atoms with Gasteiger partial charge in [0.2, 0.25) is 0 Å². The molecule has 0 bridgehead atoms. The van der Waals surface area contributed by atoms with Crippen LogP contribution in [0.5, 0.6) is 0 Å². The molecule has 0 atom stereocenters. The van der Waals surface area contributed by atoms with Crippen molar-refractivity contribution in [3.05, 3.63) is 0 Å². The zero-order chi connectivity index (χ0) is 8.15. The summed E-state index contributed by atoms with van der Waals surface area (Å²) in [6, 6.07) is 0. The largest absolute Gasteiger partial charge is 0.464 e. The van der Waals surface area contributed by atoms with Gasteiger partial charge in [0.25, 0.3) is 0 Å². The molecule has 0 aliphatic heterocycles. The van der Waals surface area contributed by atoms with Crippen LogP contribution in [0, 0.1) is 0 Å². The molecule has 3 N–H and O–H groups in total. The number of thiocarbonyl (C=S) groups is 1. The number of hydrogen-bond donors (Lipinski definition) is 3. The predicted molar refractivity (Wildman–Crippen MR) is 40.6 cm³/mol. The minimum absolute atomic E-state index is 0.268. The topological polar surface area (TPSA) is 64.6 Å². The van der Waals surface area contributed by atoms with Gasteiger partial charge in [-0.2, -0.15) is 0 Å². The molecule has 1 amide bonds. The molecule has 0 aromatic heterocycles. The molecule has 0 aromatic carbocycles. The molecule has 0 spiro atoms. The first-order chi connectivity index (χ1) is 4.57. The Morgan fingerprint density at radius 3 is 2.50 bits per heavy atom. The second-order valence-corrected chi connectivity index (χ2v) is 1.94. The molecular weight excluding hydrogens is 154 g/mol. The maximum atomic E-state index is 10.1. The summed E-state index contributed by atoms with van der Waals surface area (Å²) in [6.07, 6.45) is -1.09. The number of rotatable bonds is 0. The van der Waals surface area contributed by atoms with Crippen LogP contribution < -0.4 is 10.7 Å². The Labute approximate surface area is 64.0 Å². The van der Waals surface area contributed by atoms with E-state index in [2.05, 4.69) is 23.0 Å². The van der Waals surface area contributed by atoms with Gasteiger partial charge in [0, 0.05) is 14.1 Å². The number of hydrazine groups is 1. The average Bonchev–Trinajstić information content (AvgIpc) is 1.87. The van der Waals surface area contributed by atoms with Crippen LogP contribution in [-0.2, 0) is 0 Å². The van der Waals surface area contributed by atoms with Gasteiger partial charge in [0.1, 0.15) is 0 Å². The van der Waals surface area contributed by atoms with Crippen molar-refractivity contribution in [1.29, 1.82) is 0 Å². The van der Waals surface area contributed by atoms with E-state index in [1.54, 1.807) is 7.05 Å². The molecule has 0 rings (SSSR count). The van der Waals surface area contributed by atoms with E-state index in [1.807, 2.05) is 0 Å². The van der Waals surface area contributed by atoms with Gasteiger partial charge in [-0.3, -0.25) is 5.43 Å². The number of carboxylic acid groups (broad SMARTS) is 1. The van der Waals surface area contributed by atoms with Crippen LogP contribution in [0.2, 0.25) is 0 Å². The first kappa shape index (κ1) is 8.96. The smallest absolute Gasteiger partial charge is 0.425 e. The van der Waals surface area contributed by atoms with Gasteiger partial charge in [-0.15, -0.1) is 0 Å². The Kier molecular flexibility index (Phi) is 3.48. The second kappa shape index (κ2) is 3.89. The van der Waals surface area contributed by atoms with Crippen molar-refractivity contribution < 1.29 is 9.90 Å². The third-order valence-electron chi connectivity index (χ3n) is 0.783. The summed E-state index contributed by atoms with van der Waals surface area (Å²) in [6.45, 7) is 0. The standard InChI is InChI=1S/C4H9N3O2S/c1-5-3(10)6-7(2)4(8)9/h1-2H3,(H,8,9)(H2,5,6,10). The van der Waals surface area contributed by atoms with Gasteiger partial charge in [-0.05, 0) is 12.2 Å². The van der Waals surface area contributed by atoms with Crippen LogP contribution in [0.1, 0.15) is 0 Å². The van der Waals surface area contributed by atoms with Crippen LogP contribution in [0.3, 0.4) is 0 Å². The first-order valence-electron chi connectivity index (χ1n) is 2.53. The molecule has 0 saturated heterocycles. The van der Waals surface area contributed by atoms with Gasteiger partial charge >= 0.3 is 6.09 Å². The lowest BCUT2D eigenvalue weighted by molar-refractivity contribution is 0.147. The molecule has 0 aromatic rings. The molecule has 0 aliphatic rings. The van der Waals surface area contributed by atoms with E-state index in [0.29, 0.717) is 0 Å². The van der Waals surface area contributed by atoms with Crippen molar-refractivity contribution in [2.45, 2.75) is 0 Å². The van der Waals surface area contributed by atoms with Crippen molar-refractivity contribution in [3.8, 4) is 0 Å². The maximum Gasteiger partial charge on any atom is 0.425 e. The summed E-state index contributed by atoms with van der Waals surface area (Å²) in [5.41, 5.74) is 2.38. The molecule has 0 fully saturated rings. The summed E-state index contributed by atoms with van der Waals surface area (Å²) in [5, 5.41) is 12.0. The Morgan fingerprint density at radius 1 is 1.70 bits per heavy atom. The fourth-order valence-electron chi connectivity index (χ4n) is 0.256. The molecule has 0 saturated carbocycles. The minimum atomic E-state index is -1.09. The molecule has 10 heavy (non-hydrogen) atoms. The molecular formula is C4H9N3O2S. The Balaban J connectivity index is 3.68. The van der Waals surface area contributed by atoms with Crippen molar-refractivity contribution in [1.82, 2.24) is 15.8 Å². The molecule has 0 radical (unpaired) electrons. The summed E-state index contributed by atoms with van der Waals surface area (Å²) in [4.78, 5) is 10.1. The monoisotopic (exact) mass is 163 g/mol. The van der Waals surface area contributed by atoms with Crippen molar-refractivity contribution in [3.63, 3.8) is 0 Å². The van der Waals surface area contributed by atoms with Gasteiger partial charge < -0.3 is 10.4 Å². The maximum absolute atomic E-state index is 10.1. The van der Waals surface area contributed by atoms with E-state index in [9.17, 15) is 4.79 Å². The van der Waals surface area contributed by atoms with E-state index in [0.717, 1.165) is 5.01 Å². The number of hydrogen-bond acceptors (Lipinski definition) is 2. The van der Waals surface area contributed by atoms with E-state index < -0.39 is 6.09 Å². The quantitative estimate of drug-likeness (QED) is 0.335. The number of amides is 1. The van der Waals surface area contributed by atoms with E-state index in [-0.39, 0.29) is 5.11 Å². The number of nitrogens with one attached hydrogen (secondary N) is 2. The molecule has 6 heteroatoms. The number of carbonyl (C=O) groups is 1. The molecule has 0 unspecified atom stereocenters. The Hall–Kier alpha value is -1.04. The summed E-state index contributed by atoms with van der Waals surface area (Å²) in [5.74, 6) is 0. The molecule has 58 valence electrons. The molecule has 5 nitrogen and oxygen atoms in total.